The number of hydrogen-bond donors (Lipinski definition) is 0. The van der Waals surface area contributed by atoms with Crippen molar-refractivity contribution in [2.24, 2.45) is 0 Å². The highest BCUT2D eigenvalue weighted by Gasteiger charge is 2.72. The lowest BCUT2D eigenvalue weighted by molar-refractivity contribution is 0.874. The molecule has 0 saturated heterocycles. The first kappa shape index (κ1) is 26.5. The topological polar surface area (TPSA) is 0 Å². The van der Waals surface area contributed by atoms with Crippen LogP contribution < -0.4 is 5.46 Å². The van der Waals surface area contributed by atoms with Gasteiger partial charge in [0.1, 0.15) is 0 Å². The van der Waals surface area contributed by atoms with Gasteiger partial charge in [0.05, 0.1) is 0 Å². The number of hydrogen-bond acceptors (Lipinski definition) is 0. The zero-order chi connectivity index (χ0) is 29.1. The minimum Gasteiger partial charge on any atom is -0.0707 e. The van der Waals surface area contributed by atoms with Gasteiger partial charge in [0.15, 0.2) is 0 Å². The van der Waals surface area contributed by atoms with Gasteiger partial charge in [-0.05, 0) is 68.0 Å². The standard InChI is InChI=1S/C41H37B/c1-28-26-29(2)39(30(3)27-28)42-40(35-22-14-8-15-23-35)31(4)32(5)41(42,36-24-16-9-17-25-36)38(34-20-12-7-13-21-34)37(40)33-18-10-6-11-19-33/h6-27H,1-5H3. The highest BCUT2D eigenvalue weighted by molar-refractivity contribution is 6.88. The fourth-order valence-corrected chi connectivity index (χ4v) is 8.90. The number of aryl methyl sites for hydroxylation is 3. The molecule has 2 heterocycles. The monoisotopic (exact) mass is 540 g/mol. The predicted molar refractivity (Wildman–Crippen MR) is 180 cm³/mol. The summed E-state index contributed by atoms with van der Waals surface area (Å²) in [5, 5.41) is -0.697. The van der Waals surface area contributed by atoms with Crippen LogP contribution in [0.5, 0.6) is 0 Å². The van der Waals surface area contributed by atoms with E-state index in [0.717, 1.165) is 0 Å². The lowest BCUT2D eigenvalue weighted by Crippen LogP contribution is -2.57. The Balaban J connectivity index is 1.77. The summed E-state index contributed by atoms with van der Waals surface area (Å²) in [6.45, 7) is 11.9. The minimum atomic E-state index is -0.349. The molecule has 204 valence electrons. The molecule has 5 aromatic carbocycles. The van der Waals surface area contributed by atoms with Gasteiger partial charge in [0, 0.05) is 10.6 Å². The fourth-order valence-electron chi connectivity index (χ4n) is 8.90. The molecule has 2 aliphatic heterocycles. The Labute approximate surface area is 251 Å². The summed E-state index contributed by atoms with van der Waals surface area (Å²) in [7, 11) is 0. The molecule has 0 radical (unpaired) electrons. The third kappa shape index (κ3) is 3.43. The normalized spacial score (nSPS) is 21.4. The van der Waals surface area contributed by atoms with Crippen LogP contribution in [-0.2, 0) is 10.6 Å². The average Bonchev–Trinajstić information content (AvgIpc) is 3.40. The van der Waals surface area contributed by atoms with Gasteiger partial charge in [-0.1, -0.05) is 167 Å². The third-order valence-corrected chi connectivity index (χ3v) is 10.3. The number of benzene rings is 5. The maximum atomic E-state index is 2.42. The molecule has 2 aliphatic rings. The second kappa shape index (κ2) is 9.88. The quantitative estimate of drug-likeness (QED) is 0.154. The van der Waals surface area contributed by atoms with Crippen LogP contribution in [0.25, 0.3) is 11.1 Å². The first-order valence-electron chi connectivity index (χ1n) is 15.2. The van der Waals surface area contributed by atoms with Crippen molar-refractivity contribution in [2.75, 3.05) is 0 Å². The van der Waals surface area contributed by atoms with Crippen LogP contribution in [0.3, 0.4) is 0 Å². The van der Waals surface area contributed by atoms with E-state index in [0.29, 0.717) is 0 Å². The SMILES string of the molecule is CC1=C(C)C2(c3ccccc3)B(c3c(C)cc(C)cc3C)C1(c1ccccc1)C(c1ccccc1)=C2c1ccccc1. The molecule has 0 aliphatic carbocycles. The molecule has 2 bridgehead atoms. The van der Waals surface area contributed by atoms with E-state index >= 15 is 0 Å². The molecular formula is C41H37B. The van der Waals surface area contributed by atoms with E-state index in [1.165, 1.54) is 66.7 Å². The van der Waals surface area contributed by atoms with Crippen LogP contribution >= 0.6 is 0 Å². The van der Waals surface area contributed by atoms with Crippen molar-refractivity contribution in [1.82, 2.24) is 0 Å². The highest BCUT2D eigenvalue weighted by atomic mass is 14.6. The first-order chi connectivity index (χ1) is 20.4. The zero-order valence-electron chi connectivity index (χ0n) is 25.3. The molecule has 5 aromatic rings. The lowest BCUT2D eigenvalue weighted by atomic mass is 9.20. The molecule has 2 unspecified atom stereocenters. The molecular weight excluding hydrogens is 503 g/mol. The van der Waals surface area contributed by atoms with Crippen molar-refractivity contribution in [3.05, 3.63) is 184 Å². The van der Waals surface area contributed by atoms with E-state index in [1.807, 2.05) is 0 Å². The molecule has 7 rings (SSSR count). The molecule has 1 heteroatoms. The summed E-state index contributed by atoms with van der Waals surface area (Å²) >= 11 is 0. The Morgan fingerprint density at radius 3 is 1.12 bits per heavy atom. The van der Waals surface area contributed by atoms with Gasteiger partial charge in [-0.15, -0.1) is 0 Å². The van der Waals surface area contributed by atoms with Crippen LogP contribution in [0, 0.1) is 20.8 Å². The van der Waals surface area contributed by atoms with Gasteiger partial charge in [-0.25, -0.2) is 0 Å². The van der Waals surface area contributed by atoms with E-state index < -0.39 is 0 Å². The molecule has 0 amide bonds. The number of allylic oxidation sites excluding steroid dienone is 4. The van der Waals surface area contributed by atoms with Crippen molar-refractivity contribution in [1.29, 1.82) is 0 Å². The predicted octanol–water partition coefficient (Wildman–Crippen LogP) is 9.24. The maximum absolute atomic E-state index is 2.42. The van der Waals surface area contributed by atoms with Crippen LogP contribution in [-0.4, -0.2) is 6.71 Å². The van der Waals surface area contributed by atoms with Crippen molar-refractivity contribution in [2.45, 2.75) is 45.2 Å². The molecule has 42 heavy (non-hydrogen) atoms. The number of rotatable bonds is 5. The smallest absolute Gasteiger partial charge is 0.0707 e. The van der Waals surface area contributed by atoms with Crippen LogP contribution in [0.1, 0.15) is 52.8 Å². The maximum Gasteiger partial charge on any atom is 0.219 e. The molecule has 0 aromatic heterocycles. The summed E-state index contributed by atoms with van der Waals surface area (Å²) in [5.41, 5.74) is 16.7. The molecule has 0 fully saturated rings. The van der Waals surface area contributed by atoms with Gasteiger partial charge < -0.3 is 0 Å². The second-order valence-electron chi connectivity index (χ2n) is 12.3. The summed E-state index contributed by atoms with van der Waals surface area (Å²) in [5.74, 6) is 0. The van der Waals surface area contributed by atoms with Gasteiger partial charge in [-0.2, -0.15) is 0 Å². The Morgan fingerprint density at radius 2 is 0.762 bits per heavy atom. The van der Waals surface area contributed by atoms with Crippen molar-refractivity contribution < 1.29 is 0 Å². The zero-order valence-corrected chi connectivity index (χ0v) is 25.3. The Morgan fingerprint density at radius 1 is 0.429 bits per heavy atom. The first-order valence-corrected chi connectivity index (χ1v) is 15.2. The summed E-state index contributed by atoms with van der Waals surface area (Å²) in [6.07, 6.45) is 0. The van der Waals surface area contributed by atoms with E-state index in [1.54, 1.807) is 0 Å². The van der Waals surface area contributed by atoms with Crippen LogP contribution in [0.2, 0.25) is 0 Å². The van der Waals surface area contributed by atoms with E-state index in [9.17, 15) is 0 Å². The van der Waals surface area contributed by atoms with Crippen molar-refractivity contribution in [3.8, 4) is 0 Å². The Bertz CT molecular complexity index is 1720. The van der Waals surface area contributed by atoms with E-state index in [-0.39, 0.29) is 17.3 Å². The van der Waals surface area contributed by atoms with Crippen molar-refractivity contribution in [3.63, 3.8) is 0 Å². The Kier molecular flexibility index (Phi) is 6.24. The summed E-state index contributed by atoms with van der Waals surface area (Å²) in [4.78, 5) is 0. The summed E-state index contributed by atoms with van der Waals surface area (Å²) in [6, 6.07) is 49.9. The second-order valence-corrected chi connectivity index (χ2v) is 12.3. The van der Waals surface area contributed by atoms with Crippen LogP contribution in [0.4, 0.5) is 0 Å². The largest absolute Gasteiger partial charge is 0.219 e. The van der Waals surface area contributed by atoms with Gasteiger partial charge in [0.2, 0.25) is 6.71 Å². The summed E-state index contributed by atoms with van der Waals surface area (Å²) < 4.78 is 0. The average molecular weight is 541 g/mol. The highest BCUT2D eigenvalue weighted by Crippen LogP contribution is 2.71. The third-order valence-electron chi connectivity index (χ3n) is 10.3. The molecule has 0 N–H and O–H groups in total. The molecule has 0 saturated carbocycles. The van der Waals surface area contributed by atoms with Crippen LogP contribution in [0.15, 0.2) is 145 Å². The van der Waals surface area contributed by atoms with Gasteiger partial charge in [-0.3, -0.25) is 0 Å². The molecule has 0 nitrogen and oxygen atoms in total. The molecule has 0 spiro atoms. The molecule has 2 atom stereocenters. The van der Waals surface area contributed by atoms with Gasteiger partial charge in [0.25, 0.3) is 0 Å². The van der Waals surface area contributed by atoms with E-state index in [2.05, 4.69) is 168 Å². The van der Waals surface area contributed by atoms with Crippen molar-refractivity contribution >= 4 is 23.3 Å². The Hall–Kier alpha value is -4.36. The lowest BCUT2D eigenvalue weighted by Gasteiger charge is -2.39. The fraction of sp³-hybridized carbons (Fsp3) is 0.171. The number of fused-ring (bicyclic) bond motifs is 2. The minimum absolute atomic E-state index is 0.154. The van der Waals surface area contributed by atoms with Gasteiger partial charge >= 0.3 is 0 Å². The van der Waals surface area contributed by atoms with E-state index in [4.69, 9.17) is 0 Å².